The number of hydrazone groups is 1. The number of carbonyl (C=O) groups is 3. The summed E-state index contributed by atoms with van der Waals surface area (Å²) < 4.78 is 19.3. The van der Waals surface area contributed by atoms with Gasteiger partial charge in [-0.3, -0.25) is 14.4 Å². The number of fused-ring (bicyclic) bond motifs is 1. The van der Waals surface area contributed by atoms with Gasteiger partial charge in [-0.15, -0.1) is 0 Å². The minimum Gasteiger partial charge on any atom is -0.374 e. The Kier molecular flexibility index (Phi) is 8.02. The van der Waals surface area contributed by atoms with Crippen molar-refractivity contribution in [3.05, 3.63) is 71.5 Å². The van der Waals surface area contributed by atoms with Crippen molar-refractivity contribution in [2.45, 2.75) is 39.3 Å². The quantitative estimate of drug-likeness (QED) is 0.564. The normalized spacial score (nSPS) is 20.0. The topological polar surface area (TPSA) is 91.3 Å². The summed E-state index contributed by atoms with van der Waals surface area (Å²) in [7, 11) is 1.61. The van der Waals surface area contributed by atoms with Gasteiger partial charge in [0.2, 0.25) is 11.8 Å². The lowest BCUT2D eigenvalue weighted by Gasteiger charge is -2.40. The summed E-state index contributed by atoms with van der Waals surface area (Å²) in [6.07, 6.45) is 0.728. The van der Waals surface area contributed by atoms with Crippen molar-refractivity contribution in [2.24, 2.45) is 16.4 Å². The molecule has 0 aliphatic carbocycles. The number of nitrogens with zero attached hydrogens (tertiary/aromatic N) is 3. The maximum absolute atomic E-state index is 13.7. The molecule has 0 saturated carbocycles. The Balaban J connectivity index is 1.53. The molecule has 2 aromatic carbocycles. The Bertz CT molecular complexity index is 1170. The number of hydrogen-bond donors (Lipinski definition) is 1. The molecule has 0 radical (unpaired) electrons. The lowest BCUT2D eigenvalue weighted by Crippen LogP contribution is -2.59. The van der Waals surface area contributed by atoms with E-state index in [1.807, 2.05) is 30.3 Å². The third-order valence-corrected chi connectivity index (χ3v) is 6.87. The van der Waals surface area contributed by atoms with Crippen molar-refractivity contribution in [1.29, 1.82) is 0 Å². The lowest BCUT2D eigenvalue weighted by atomic mass is 9.73. The maximum Gasteiger partial charge on any atom is 0.256 e. The largest absolute Gasteiger partial charge is 0.374 e. The zero-order valence-corrected chi connectivity index (χ0v) is 21.4. The molecule has 1 saturated heterocycles. The van der Waals surface area contributed by atoms with E-state index in [0.717, 1.165) is 16.8 Å². The molecule has 3 amide bonds. The molecule has 2 atom stereocenters. The molecule has 0 bridgehead atoms. The summed E-state index contributed by atoms with van der Waals surface area (Å²) in [5.41, 5.74) is 1.43. The van der Waals surface area contributed by atoms with Gasteiger partial charge in [-0.05, 0) is 29.7 Å². The smallest absolute Gasteiger partial charge is 0.256 e. The first kappa shape index (κ1) is 26.5. The van der Waals surface area contributed by atoms with Crippen molar-refractivity contribution in [2.75, 3.05) is 26.7 Å². The van der Waals surface area contributed by atoms with E-state index >= 15 is 0 Å². The highest BCUT2D eigenvalue weighted by Crippen LogP contribution is 2.38. The van der Waals surface area contributed by atoms with Crippen molar-refractivity contribution < 1.29 is 23.5 Å². The van der Waals surface area contributed by atoms with Gasteiger partial charge in [0.1, 0.15) is 17.3 Å². The Labute approximate surface area is 216 Å². The van der Waals surface area contributed by atoms with Crippen LogP contribution in [-0.4, -0.2) is 66.1 Å². The number of nitrogens with one attached hydrogen (secondary N) is 1. The number of hydrogen-bond acceptors (Lipinski definition) is 5. The Morgan fingerprint density at radius 1 is 1.11 bits per heavy atom. The second kappa shape index (κ2) is 11.2. The number of benzene rings is 2. The molecule has 4 rings (SSSR count). The average molecular weight is 509 g/mol. The summed E-state index contributed by atoms with van der Waals surface area (Å²) in [5.74, 6) is -1.42. The van der Waals surface area contributed by atoms with Crippen LogP contribution in [0.4, 0.5) is 4.39 Å². The second-order valence-corrected chi connectivity index (χ2v) is 9.99. The fourth-order valence-electron chi connectivity index (χ4n) is 4.82. The van der Waals surface area contributed by atoms with Gasteiger partial charge in [0.05, 0.1) is 18.9 Å². The Morgan fingerprint density at radius 2 is 1.81 bits per heavy atom. The first-order chi connectivity index (χ1) is 17.7. The molecule has 2 aliphatic rings. The van der Waals surface area contributed by atoms with Crippen LogP contribution in [0.25, 0.3) is 0 Å². The zero-order chi connectivity index (χ0) is 26.6. The van der Waals surface area contributed by atoms with Crippen LogP contribution in [0.1, 0.15) is 31.4 Å². The molecule has 0 unspecified atom stereocenters. The van der Waals surface area contributed by atoms with E-state index in [4.69, 9.17) is 4.74 Å². The van der Waals surface area contributed by atoms with Crippen LogP contribution in [0.2, 0.25) is 0 Å². The molecule has 2 heterocycles. The van der Waals surface area contributed by atoms with Crippen LogP contribution in [0, 0.1) is 17.2 Å². The SMILES string of the molecule is CC(C)C(=O)N[C@H](COCc1ccccc1)C(=O)N1CCC2=NN(C)C(=O)[C@]2(Cc2ccc(F)cc2)C1. The molecule has 37 heavy (non-hydrogen) atoms. The van der Waals surface area contributed by atoms with E-state index in [9.17, 15) is 18.8 Å². The van der Waals surface area contributed by atoms with E-state index in [1.54, 1.807) is 37.9 Å². The summed E-state index contributed by atoms with van der Waals surface area (Å²) in [4.78, 5) is 41.3. The molecule has 1 fully saturated rings. The minimum absolute atomic E-state index is 0.00243. The van der Waals surface area contributed by atoms with Gasteiger partial charge in [-0.25, -0.2) is 9.40 Å². The Hall–Kier alpha value is -3.59. The van der Waals surface area contributed by atoms with Crippen LogP contribution in [0.5, 0.6) is 0 Å². The molecule has 2 aromatic rings. The molecular formula is C28H33FN4O4. The van der Waals surface area contributed by atoms with Gasteiger partial charge < -0.3 is 15.0 Å². The highest BCUT2D eigenvalue weighted by molar-refractivity contribution is 6.13. The monoisotopic (exact) mass is 508 g/mol. The molecule has 8 nitrogen and oxygen atoms in total. The second-order valence-electron chi connectivity index (χ2n) is 9.99. The molecule has 196 valence electrons. The van der Waals surface area contributed by atoms with E-state index in [-0.39, 0.29) is 42.6 Å². The number of piperidine rings is 1. The van der Waals surface area contributed by atoms with E-state index in [1.165, 1.54) is 17.1 Å². The van der Waals surface area contributed by atoms with Gasteiger partial charge in [0.15, 0.2) is 0 Å². The third-order valence-electron chi connectivity index (χ3n) is 6.87. The number of halogens is 1. The van der Waals surface area contributed by atoms with Crippen molar-refractivity contribution in [1.82, 2.24) is 15.2 Å². The number of ether oxygens (including phenoxy) is 1. The molecule has 1 N–H and O–H groups in total. The molecule has 2 aliphatic heterocycles. The summed E-state index contributed by atoms with van der Waals surface area (Å²) in [6.45, 7) is 4.32. The molecule has 9 heteroatoms. The third kappa shape index (κ3) is 5.88. The summed E-state index contributed by atoms with van der Waals surface area (Å²) >= 11 is 0. The van der Waals surface area contributed by atoms with Crippen molar-refractivity contribution >= 4 is 23.4 Å². The Morgan fingerprint density at radius 3 is 2.49 bits per heavy atom. The minimum atomic E-state index is -1.03. The standard InChI is InChI=1S/C28H33FN4O4/c1-19(2)25(34)30-23(17-37-16-21-7-5-4-6-8-21)26(35)33-14-13-24-28(18-33,27(36)32(3)31-24)15-20-9-11-22(29)12-10-20/h4-12,19,23H,13-18H2,1-3H3,(H,30,34)/t23-,28-/m1/s1. The fraction of sp³-hybridized carbons (Fsp3) is 0.429. The lowest BCUT2D eigenvalue weighted by molar-refractivity contribution is -0.143. The number of amides is 3. The van der Waals surface area contributed by atoms with Gasteiger partial charge in [0, 0.05) is 32.5 Å². The predicted molar refractivity (Wildman–Crippen MR) is 137 cm³/mol. The number of rotatable bonds is 9. The van der Waals surface area contributed by atoms with Crippen molar-refractivity contribution in [3.8, 4) is 0 Å². The summed E-state index contributed by atoms with van der Waals surface area (Å²) in [6, 6.07) is 14.7. The van der Waals surface area contributed by atoms with Gasteiger partial charge in [-0.2, -0.15) is 5.10 Å². The molecule has 0 aromatic heterocycles. The first-order valence-electron chi connectivity index (χ1n) is 12.5. The van der Waals surface area contributed by atoms with Crippen LogP contribution < -0.4 is 5.32 Å². The van der Waals surface area contributed by atoms with Crippen LogP contribution in [0.3, 0.4) is 0 Å². The maximum atomic E-state index is 13.7. The van der Waals surface area contributed by atoms with Gasteiger partial charge in [0.25, 0.3) is 5.91 Å². The van der Waals surface area contributed by atoms with Gasteiger partial charge >= 0.3 is 0 Å². The highest BCUT2D eigenvalue weighted by Gasteiger charge is 2.53. The zero-order valence-electron chi connectivity index (χ0n) is 21.4. The number of likely N-dealkylation sites (tertiary alicyclic amines) is 1. The van der Waals surface area contributed by atoms with Crippen LogP contribution >= 0.6 is 0 Å². The first-order valence-corrected chi connectivity index (χ1v) is 12.5. The highest BCUT2D eigenvalue weighted by atomic mass is 19.1. The molecule has 0 spiro atoms. The van der Waals surface area contributed by atoms with E-state index in [2.05, 4.69) is 10.4 Å². The van der Waals surface area contributed by atoms with E-state index < -0.39 is 11.5 Å². The van der Waals surface area contributed by atoms with E-state index in [0.29, 0.717) is 26.0 Å². The van der Waals surface area contributed by atoms with Crippen LogP contribution in [-0.2, 0) is 32.1 Å². The molecular weight excluding hydrogens is 475 g/mol. The fourth-order valence-corrected chi connectivity index (χ4v) is 4.82. The predicted octanol–water partition coefficient (Wildman–Crippen LogP) is 2.77. The van der Waals surface area contributed by atoms with Crippen molar-refractivity contribution in [3.63, 3.8) is 0 Å². The summed E-state index contributed by atoms with van der Waals surface area (Å²) in [5, 5.41) is 8.62. The van der Waals surface area contributed by atoms with Crippen LogP contribution in [0.15, 0.2) is 59.7 Å². The van der Waals surface area contributed by atoms with Gasteiger partial charge in [-0.1, -0.05) is 56.3 Å². The average Bonchev–Trinajstić information content (AvgIpc) is 3.13. The number of carbonyl (C=O) groups excluding carboxylic acids is 3.